The van der Waals surface area contributed by atoms with Gasteiger partial charge < -0.3 is 5.32 Å². The summed E-state index contributed by atoms with van der Waals surface area (Å²) >= 11 is 12.3. The first-order valence-corrected chi connectivity index (χ1v) is 10.8. The topological polar surface area (TPSA) is 59.8 Å². The third-order valence-electron chi connectivity index (χ3n) is 4.69. The van der Waals surface area contributed by atoms with Crippen LogP contribution in [0.4, 0.5) is 0 Å². The van der Waals surface area contributed by atoms with Crippen LogP contribution in [0.1, 0.15) is 60.9 Å². The lowest BCUT2D eigenvalue weighted by atomic mass is 9.98. The van der Waals surface area contributed by atoms with Gasteiger partial charge in [-0.2, -0.15) is 5.10 Å². The van der Waals surface area contributed by atoms with Crippen molar-refractivity contribution in [1.29, 1.82) is 0 Å². The molecule has 0 atom stereocenters. The Morgan fingerprint density at radius 3 is 2.50 bits per heavy atom. The van der Waals surface area contributed by atoms with E-state index in [0.29, 0.717) is 34.5 Å². The highest BCUT2D eigenvalue weighted by Gasteiger charge is 2.26. The maximum atomic E-state index is 13.3. The first-order valence-electron chi connectivity index (χ1n) is 10.0. The minimum atomic E-state index is -0.135. The molecule has 0 aliphatic rings. The van der Waals surface area contributed by atoms with Crippen molar-refractivity contribution < 1.29 is 4.79 Å². The van der Waals surface area contributed by atoms with Gasteiger partial charge in [-0.1, -0.05) is 57.0 Å². The summed E-state index contributed by atoms with van der Waals surface area (Å²) in [5.41, 5.74) is 3.99. The minimum absolute atomic E-state index is 0.0759. The SMILES string of the molecule is CC(C)Cc1nn(-c2ccc(Cl)c(Cl)c2)c(C(C)C)c1C(=O)NCc1cccnc1. The molecule has 158 valence electrons. The summed E-state index contributed by atoms with van der Waals surface area (Å²) in [4.78, 5) is 17.4. The molecule has 0 saturated heterocycles. The van der Waals surface area contributed by atoms with Crippen LogP contribution in [0.2, 0.25) is 10.0 Å². The minimum Gasteiger partial charge on any atom is -0.348 e. The number of hydrogen-bond donors (Lipinski definition) is 1. The van der Waals surface area contributed by atoms with Crippen molar-refractivity contribution in [3.63, 3.8) is 0 Å². The molecular weight excluding hydrogens is 419 g/mol. The van der Waals surface area contributed by atoms with Gasteiger partial charge >= 0.3 is 0 Å². The van der Waals surface area contributed by atoms with Gasteiger partial charge in [0.25, 0.3) is 5.91 Å². The quantitative estimate of drug-likeness (QED) is 0.498. The van der Waals surface area contributed by atoms with Crippen molar-refractivity contribution in [2.75, 3.05) is 0 Å². The van der Waals surface area contributed by atoms with Crippen LogP contribution in [0.3, 0.4) is 0 Å². The molecule has 1 N–H and O–H groups in total. The number of benzene rings is 1. The van der Waals surface area contributed by atoms with E-state index < -0.39 is 0 Å². The Morgan fingerprint density at radius 1 is 1.13 bits per heavy atom. The average molecular weight is 445 g/mol. The maximum absolute atomic E-state index is 13.3. The fourth-order valence-corrected chi connectivity index (χ4v) is 3.67. The molecule has 7 heteroatoms. The molecule has 0 aliphatic heterocycles. The van der Waals surface area contributed by atoms with E-state index in [1.807, 2.05) is 22.9 Å². The summed E-state index contributed by atoms with van der Waals surface area (Å²) < 4.78 is 1.82. The van der Waals surface area contributed by atoms with E-state index in [2.05, 4.69) is 38.0 Å². The van der Waals surface area contributed by atoms with E-state index in [4.69, 9.17) is 28.3 Å². The van der Waals surface area contributed by atoms with Crippen LogP contribution < -0.4 is 5.32 Å². The van der Waals surface area contributed by atoms with Crippen LogP contribution in [0.15, 0.2) is 42.7 Å². The Kier molecular flexibility index (Phi) is 7.16. The van der Waals surface area contributed by atoms with Gasteiger partial charge in [0.05, 0.1) is 32.7 Å². The number of aromatic nitrogens is 3. The molecule has 0 radical (unpaired) electrons. The molecule has 3 rings (SSSR count). The molecule has 5 nitrogen and oxygen atoms in total. The predicted octanol–water partition coefficient (Wildman–Crippen LogP) is 5.83. The largest absolute Gasteiger partial charge is 0.348 e. The summed E-state index contributed by atoms with van der Waals surface area (Å²) in [5.74, 6) is 0.295. The first kappa shape index (κ1) is 22.3. The third kappa shape index (κ3) is 5.02. The van der Waals surface area contributed by atoms with Gasteiger partial charge in [-0.3, -0.25) is 9.78 Å². The monoisotopic (exact) mass is 444 g/mol. The van der Waals surface area contributed by atoms with Crippen LogP contribution >= 0.6 is 23.2 Å². The first-order chi connectivity index (χ1) is 14.3. The molecule has 2 aromatic heterocycles. The lowest BCUT2D eigenvalue weighted by molar-refractivity contribution is 0.0948. The van der Waals surface area contributed by atoms with Crippen molar-refractivity contribution in [2.24, 2.45) is 5.92 Å². The molecule has 0 aliphatic carbocycles. The van der Waals surface area contributed by atoms with E-state index >= 15 is 0 Å². The number of nitrogens with zero attached hydrogens (tertiary/aromatic N) is 3. The fourth-order valence-electron chi connectivity index (χ4n) is 3.38. The number of nitrogens with one attached hydrogen (secondary N) is 1. The van der Waals surface area contributed by atoms with Gasteiger partial charge in [0.2, 0.25) is 0 Å². The standard InChI is InChI=1S/C23H26Cl2N4O/c1-14(2)10-20-21(23(30)27-13-16-6-5-9-26-12-16)22(15(3)4)29(28-20)17-7-8-18(24)19(25)11-17/h5-9,11-12,14-15H,10,13H2,1-4H3,(H,27,30). The number of rotatable bonds is 7. The van der Waals surface area contributed by atoms with Crippen molar-refractivity contribution in [1.82, 2.24) is 20.1 Å². The fraction of sp³-hybridized carbons (Fsp3) is 0.348. The Hall–Kier alpha value is -2.37. The summed E-state index contributed by atoms with van der Waals surface area (Å²) in [7, 11) is 0. The number of halogens is 2. The van der Waals surface area contributed by atoms with Crippen LogP contribution in [0.25, 0.3) is 5.69 Å². The van der Waals surface area contributed by atoms with Gasteiger partial charge in [-0.05, 0) is 48.1 Å². The second kappa shape index (κ2) is 9.63. The number of pyridine rings is 1. The Morgan fingerprint density at radius 2 is 1.90 bits per heavy atom. The lowest BCUT2D eigenvalue weighted by Gasteiger charge is -2.14. The van der Waals surface area contributed by atoms with Crippen molar-refractivity contribution in [3.05, 3.63) is 75.3 Å². The van der Waals surface area contributed by atoms with Gasteiger partial charge in [0.1, 0.15) is 0 Å². The molecule has 0 fully saturated rings. The molecular formula is C23H26Cl2N4O. The Labute approximate surface area is 187 Å². The van der Waals surface area contributed by atoms with Crippen LogP contribution in [-0.4, -0.2) is 20.7 Å². The summed E-state index contributed by atoms with van der Waals surface area (Å²) in [6.45, 7) is 8.75. The molecule has 0 spiro atoms. The molecule has 1 aromatic carbocycles. The molecule has 1 amide bonds. The molecule has 0 bridgehead atoms. The highest BCUT2D eigenvalue weighted by atomic mass is 35.5. The zero-order valence-corrected chi connectivity index (χ0v) is 19.1. The highest BCUT2D eigenvalue weighted by Crippen LogP contribution is 2.30. The van der Waals surface area contributed by atoms with Crippen LogP contribution in [0, 0.1) is 5.92 Å². The van der Waals surface area contributed by atoms with Crippen molar-refractivity contribution in [3.8, 4) is 5.69 Å². The Balaban J connectivity index is 2.05. The number of amides is 1. The smallest absolute Gasteiger partial charge is 0.255 e. The Bertz CT molecular complexity index is 1030. The van der Waals surface area contributed by atoms with Crippen molar-refractivity contribution >= 4 is 29.1 Å². The van der Waals surface area contributed by atoms with Gasteiger partial charge in [-0.15, -0.1) is 0 Å². The average Bonchev–Trinajstić information content (AvgIpc) is 3.08. The highest BCUT2D eigenvalue weighted by molar-refractivity contribution is 6.42. The number of hydrogen-bond acceptors (Lipinski definition) is 3. The summed E-state index contributed by atoms with van der Waals surface area (Å²) in [5, 5.41) is 8.79. The second-order valence-corrected chi connectivity index (χ2v) is 8.83. The van der Waals surface area contributed by atoms with E-state index in [9.17, 15) is 4.79 Å². The maximum Gasteiger partial charge on any atom is 0.255 e. The van der Waals surface area contributed by atoms with Crippen LogP contribution in [-0.2, 0) is 13.0 Å². The van der Waals surface area contributed by atoms with E-state index in [-0.39, 0.29) is 11.8 Å². The number of carbonyl (C=O) groups excluding carboxylic acids is 1. The number of carbonyl (C=O) groups is 1. The molecule has 0 saturated carbocycles. The van der Waals surface area contributed by atoms with E-state index in [1.165, 1.54) is 0 Å². The van der Waals surface area contributed by atoms with Gasteiger partial charge in [-0.25, -0.2) is 4.68 Å². The molecule has 2 heterocycles. The second-order valence-electron chi connectivity index (χ2n) is 8.01. The normalized spacial score (nSPS) is 11.3. The summed E-state index contributed by atoms with van der Waals surface area (Å²) in [6, 6.07) is 9.18. The van der Waals surface area contributed by atoms with Gasteiger partial charge in [0.15, 0.2) is 0 Å². The zero-order valence-electron chi connectivity index (χ0n) is 17.6. The predicted molar refractivity (Wildman–Crippen MR) is 122 cm³/mol. The lowest BCUT2D eigenvalue weighted by Crippen LogP contribution is -2.25. The third-order valence-corrected chi connectivity index (χ3v) is 5.43. The van der Waals surface area contributed by atoms with Gasteiger partial charge in [0, 0.05) is 18.9 Å². The van der Waals surface area contributed by atoms with E-state index in [0.717, 1.165) is 22.6 Å². The summed E-state index contributed by atoms with van der Waals surface area (Å²) in [6.07, 6.45) is 4.16. The molecule has 30 heavy (non-hydrogen) atoms. The molecule has 3 aromatic rings. The van der Waals surface area contributed by atoms with Crippen LogP contribution in [0.5, 0.6) is 0 Å². The molecule has 0 unspecified atom stereocenters. The van der Waals surface area contributed by atoms with Crippen molar-refractivity contribution in [2.45, 2.75) is 46.6 Å². The van der Waals surface area contributed by atoms with E-state index in [1.54, 1.807) is 24.5 Å². The zero-order chi connectivity index (χ0) is 21.8.